The smallest absolute Gasteiger partial charge is 0.325 e. The van der Waals surface area contributed by atoms with Gasteiger partial charge in [0.25, 0.3) is 0 Å². The van der Waals surface area contributed by atoms with Gasteiger partial charge in [-0.05, 0) is 52.3 Å². The summed E-state index contributed by atoms with van der Waals surface area (Å²) in [5.74, 6) is 0.883. The maximum absolute atomic E-state index is 12.0. The molecule has 2 aromatic rings. The first-order valence-corrected chi connectivity index (χ1v) is 9.04. The zero-order chi connectivity index (χ0) is 19.5. The van der Waals surface area contributed by atoms with E-state index in [9.17, 15) is 4.79 Å². The summed E-state index contributed by atoms with van der Waals surface area (Å²) < 4.78 is 5.33. The third-order valence-electron chi connectivity index (χ3n) is 3.53. The van der Waals surface area contributed by atoms with Crippen molar-refractivity contribution in [1.29, 1.82) is 0 Å². The second kappa shape index (κ2) is 8.23. The highest BCUT2D eigenvalue weighted by atomic mass is 35.5. The monoisotopic (exact) mass is 395 g/mol. The van der Waals surface area contributed by atoms with Crippen LogP contribution in [0.3, 0.4) is 0 Å². The minimum atomic E-state index is -0.532. The molecule has 1 aromatic heterocycles. The van der Waals surface area contributed by atoms with Crippen LogP contribution in [0.15, 0.2) is 18.2 Å². The predicted molar refractivity (Wildman–Crippen MR) is 105 cm³/mol. The molecule has 7 heteroatoms. The SMILES string of the molecule is Cc1nc(C)c(Cc2ccc(Cl)cc2Cl)c(NCC(=O)OC(C)(C)C)n1. The minimum absolute atomic E-state index is 0.0223. The van der Waals surface area contributed by atoms with Gasteiger partial charge in [0.2, 0.25) is 0 Å². The van der Waals surface area contributed by atoms with Gasteiger partial charge in [0.05, 0.1) is 0 Å². The van der Waals surface area contributed by atoms with Crippen LogP contribution in [0, 0.1) is 13.8 Å². The Hall–Kier alpha value is -1.85. The normalized spacial score (nSPS) is 11.3. The molecule has 0 spiro atoms. The van der Waals surface area contributed by atoms with E-state index in [-0.39, 0.29) is 12.5 Å². The van der Waals surface area contributed by atoms with E-state index in [1.165, 1.54) is 0 Å². The molecule has 0 atom stereocenters. The number of halogens is 2. The first-order chi connectivity index (χ1) is 12.0. The van der Waals surface area contributed by atoms with Gasteiger partial charge in [-0.3, -0.25) is 4.79 Å². The molecule has 140 valence electrons. The van der Waals surface area contributed by atoms with E-state index in [0.29, 0.717) is 28.1 Å². The molecular formula is C19H23Cl2N3O2. The van der Waals surface area contributed by atoms with Gasteiger partial charge in [-0.2, -0.15) is 0 Å². The maximum atomic E-state index is 12.0. The lowest BCUT2D eigenvalue weighted by Gasteiger charge is -2.20. The Morgan fingerprint density at radius 3 is 2.50 bits per heavy atom. The van der Waals surface area contributed by atoms with Crippen molar-refractivity contribution in [2.75, 3.05) is 11.9 Å². The number of ether oxygens (including phenoxy) is 1. The fraction of sp³-hybridized carbons (Fsp3) is 0.421. The van der Waals surface area contributed by atoms with Gasteiger partial charge in [-0.15, -0.1) is 0 Å². The van der Waals surface area contributed by atoms with E-state index >= 15 is 0 Å². The molecule has 0 saturated heterocycles. The second-order valence-electron chi connectivity index (χ2n) is 7.04. The highest BCUT2D eigenvalue weighted by Crippen LogP contribution is 2.27. The van der Waals surface area contributed by atoms with E-state index in [2.05, 4.69) is 15.3 Å². The summed E-state index contributed by atoms with van der Waals surface area (Å²) in [5, 5.41) is 4.24. The Labute approximate surface area is 164 Å². The van der Waals surface area contributed by atoms with Gasteiger partial charge in [0.15, 0.2) is 0 Å². The van der Waals surface area contributed by atoms with Crippen molar-refractivity contribution in [3.05, 3.63) is 50.9 Å². The number of nitrogens with zero attached hydrogens (tertiary/aromatic N) is 2. The molecule has 1 N–H and O–H groups in total. The Bertz CT molecular complexity index is 817. The van der Waals surface area contributed by atoms with Gasteiger partial charge in [-0.1, -0.05) is 29.3 Å². The standard InChI is InChI=1S/C19H23Cl2N3O2/c1-11-15(8-13-6-7-14(20)9-16(13)21)18(24-12(2)23-11)22-10-17(25)26-19(3,4)5/h6-7,9H,8,10H2,1-5H3,(H,22,23,24). The number of benzene rings is 1. The topological polar surface area (TPSA) is 64.1 Å². The molecule has 26 heavy (non-hydrogen) atoms. The van der Waals surface area contributed by atoms with Crippen molar-refractivity contribution in [1.82, 2.24) is 9.97 Å². The second-order valence-corrected chi connectivity index (χ2v) is 7.88. The molecule has 0 unspecified atom stereocenters. The molecule has 0 aliphatic rings. The molecule has 5 nitrogen and oxygen atoms in total. The quantitative estimate of drug-likeness (QED) is 0.740. The van der Waals surface area contributed by atoms with Gasteiger partial charge in [-0.25, -0.2) is 9.97 Å². The number of carbonyl (C=O) groups is 1. The Morgan fingerprint density at radius 1 is 1.19 bits per heavy atom. The number of rotatable bonds is 5. The third-order valence-corrected chi connectivity index (χ3v) is 4.12. The number of esters is 1. The van der Waals surface area contributed by atoms with Gasteiger partial charge in [0.1, 0.15) is 23.8 Å². The Morgan fingerprint density at radius 2 is 1.88 bits per heavy atom. The number of aromatic nitrogens is 2. The number of hydrogen-bond donors (Lipinski definition) is 1. The predicted octanol–water partition coefficient (Wildman–Crippen LogP) is 4.74. The summed E-state index contributed by atoms with van der Waals surface area (Å²) >= 11 is 12.3. The fourth-order valence-corrected chi connectivity index (χ4v) is 2.96. The minimum Gasteiger partial charge on any atom is -0.459 e. The lowest BCUT2D eigenvalue weighted by molar-refractivity contribution is -0.152. The van der Waals surface area contributed by atoms with E-state index in [1.807, 2.05) is 40.7 Å². The molecule has 0 aliphatic carbocycles. The molecule has 2 rings (SSSR count). The number of hydrogen-bond acceptors (Lipinski definition) is 5. The number of aryl methyl sites for hydroxylation is 2. The summed E-state index contributed by atoms with van der Waals surface area (Å²) in [4.78, 5) is 20.9. The summed E-state index contributed by atoms with van der Waals surface area (Å²) in [7, 11) is 0. The molecule has 1 aromatic carbocycles. The molecule has 1 heterocycles. The largest absolute Gasteiger partial charge is 0.459 e. The summed E-state index contributed by atoms with van der Waals surface area (Å²) in [6, 6.07) is 5.37. The van der Waals surface area contributed by atoms with Crippen molar-refractivity contribution < 1.29 is 9.53 Å². The number of carbonyl (C=O) groups excluding carboxylic acids is 1. The summed E-state index contributed by atoms with van der Waals surface area (Å²) in [6.45, 7) is 9.24. The molecular weight excluding hydrogens is 373 g/mol. The van der Waals surface area contributed by atoms with Crippen molar-refractivity contribution in [3.63, 3.8) is 0 Å². The van der Waals surface area contributed by atoms with Crippen LogP contribution in [0.5, 0.6) is 0 Å². The van der Waals surface area contributed by atoms with Crippen LogP contribution in [0.25, 0.3) is 0 Å². The molecule has 0 amide bonds. The van der Waals surface area contributed by atoms with Crippen LogP contribution in [-0.4, -0.2) is 28.1 Å². The third kappa shape index (κ3) is 5.85. The number of anilines is 1. The molecule has 0 bridgehead atoms. The Balaban J connectivity index is 2.24. The molecule has 0 saturated carbocycles. The van der Waals surface area contributed by atoms with Crippen molar-refractivity contribution in [2.24, 2.45) is 0 Å². The lowest BCUT2D eigenvalue weighted by Crippen LogP contribution is -2.28. The van der Waals surface area contributed by atoms with E-state index < -0.39 is 5.60 Å². The first-order valence-electron chi connectivity index (χ1n) is 8.29. The number of nitrogens with one attached hydrogen (secondary N) is 1. The molecule has 0 radical (unpaired) electrons. The van der Waals surface area contributed by atoms with Crippen molar-refractivity contribution >= 4 is 35.0 Å². The zero-order valence-electron chi connectivity index (χ0n) is 15.6. The lowest BCUT2D eigenvalue weighted by atomic mass is 10.0. The molecule has 0 fully saturated rings. The van der Waals surface area contributed by atoms with Gasteiger partial charge in [0, 0.05) is 27.7 Å². The van der Waals surface area contributed by atoms with Gasteiger partial charge < -0.3 is 10.1 Å². The van der Waals surface area contributed by atoms with E-state index in [1.54, 1.807) is 12.1 Å². The summed E-state index contributed by atoms with van der Waals surface area (Å²) in [5.41, 5.74) is 2.08. The van der Waals surface area contributed by atoms with E-state index in [0.717, 1.165) is 16.8 Å². The highest BCUT2D eigenvalue weighted by molar-refractivity contribution is 6.35. The fourth-order valence-electron chi connectivity index (χ4n) is 2.48. The average Bonchev–Trinajstić information content (AvgIpc) is 2.48. The first kappa shape index (κ1) is 20.5. The Kier molecular flexibility index (Phi) is 6.48. The van der Waals surface area contributed by atoms with Gasteiger partial charge >= 0.3 is 5.97 Å². The van der Waals surface area contributed by atoms with Crippen LogP contribution in [0.4, 0.5) is 5.82 Å². The summed E-state index contributed by atoms with van der Waals surface area (Å²) in [6.07, 6.45) is 0.527. The highest BCUT2D eigenvalue weighted by Gasteiger charge is 2.18. The van der Waals surface area contributed by atoms with Crippen LogP contribution in [-0.2, 0) is 16.0 Å². The van der Waals surface area contributed by atoms with Crippen molar-refractivity contribution in [2.45, 2.75) is 46.6 Å². The van der Waals surface area contributed by atoms with Crippen LogP contribution < -0.4 is 5.32 Å². The van der Waals surface area contributed by atoms with Crippen molar-refractivity contribution in [3.8, 4) is 0 Å². The van der Waals surface area contributed by atoms with Crippen LogP contribution in [0.2, 0.25) is 10.0 Å². The molecule has 0 aliphatic heterocycles. The zero-order valence-corrected chi connectivity index (χ0v) is 17.1. The van der Waals surface area contributed by atoms with Crippen LogP contribution >= 0.6 is 23.2 Å². The van der Waals surface area contributed by atoms with Crippen LogP contribution in [0.1, 0.15) is 43.4 Å². The van der Waals surface area contributed by atoms with E-state index in [4.69, 9.17) is 27.9 Å². The maximum Gasteiger partial charge on any atom is 0.325 e. The average molecular weight is 396 g/mol.